The molecule has 0 fully saturated rings. The SMILES string of the molecule is Cc1[nH]c2ccc([N+](=O)[O-])cc2c1-c1csc(NC(=O)Cc2cn3ccsc3n2)n1. The van der Waals surface area contributed by atoms with Gasteiger partial charge in [0.25, 0.3) is 5.69 Å². The minimum Gasteiger partial charge on any atom is -0.358 e. The summed E-state index contributed by atoms with van der Waals surface area (Å²) < 4.78 is 1.88. The molecule has 4 heterocycles. The van der Waals surface area contributed by atoms with Crippen molar-refractivity contribution in [3.63, 3.8) is 0 Å². The number of carbonyl (C=O) groups is 1. The molecule has 0 aliphatic carbocycles. The second-order valence-electron chi connectivity index (χ2n) is 6.70. The van der Waals surface area contributed by atoms with Crippen LogP contribution in [-0.2, 0) is 11.2 Å². The largest absolute Gasteiger partial charge is 0.358 e. The van der Waals surface area contributed by atoms with Crippen LogP contribution in [0.5, 0.6) is 0 Å². The number of aromatic nitrogens is 4. The maximum absolute atomic E-state index is 12.4. The number of aryl methyl sites for hydroxylation is 1. The molecule has 30 heavy (non-hydrogen) atoms. The van der Waals surface area contributed by atoms with E-state index in [2.05, 4.69) is 20.3 Å². The third-order valence-corrected chi connectivity index (χ3v) is 6.20. The fraction of sp³-hybridized carbons (Fsp3) is 0.105. The van der Waals surface area contributed by atoms with E-state index in [1.54, 1.807) is 6.07 Å². The van der Waals surface area contributed by atoms with E-state index in [0.29, 0.717) is 16.5 Å². The fourth-order valence-corrected chi connectivity index (χ4v) is 4.83. The second kappa shape index (κ2) is 7.04. The Hall–Kier alpha value is -3.57. The first-order valence-electron chi connectivity index (χ1n) is 8.91. The Morgan fingerprint density at radius 3 is 3.00 bits per heavy atom. The van der Waals surface area contributed by atoms with E-state index in [4.69, 9.17) is 0 Å². The number of nitro benzene ring substituents is 1. The number of fused-ring (bicyclic) bond motifs is 2. The lowest BCUT2D eigenvalue weighted by Crippen LogP contribution is -2.14. The van der Waals surface area contributed by atoms with Gasteiger partial charge in [0.2, 0.25) is 5.91 Å². The minimum atomic E-state index is -0.418. The number of nitro groups is 1. The molecule has 0 bridgehead atoms. The molecule has 4 aromatic heterocycles. The minimum absolute atomic E-state index is 0.0199. The van der Waals surface area contributed by atoms with E-state index in [9.17, 15) is 14.9 Å². The number of anilines is 1. The predicted molar refractivity (Wildman–Crippen MR) is 116 cm³/mol. The van der Waals surface area contributed by atoms with Crippen molar-refractivity contribution in [2.75, 3.05) is 5.32 Å². The number of rotatable bonds is 5. The maximum Gasteiger partial charge on any atom is 0.270 e. The highest BCUT2D eigenvalue weighted by Crippen LogP contribution is 2.35. The zero-order valence-electron chi connectivity index (χ0n) is 15.6. The van der Waals surface area contributed by atoms with Gasteiger partial charge in [-0.25, -0.2) is 9.97 Å². The summed E-state index contributed by atoms with van der Waals surface area (Å²) in [4.78, 5) is 36.1. The van der Waals surface area contributed by atoms with E-state index >= 15 is 0 Å². The molecule has 0 spiro atoms. The highest BCUT2D eigenvalue weighted by molar-refractivity contribution is 7.15. The third-order valence-electron chi connectivity index (χ3n) is 4.67. The van der Waals surface area contributed by atoms with E-state index in [-0.39, 0.29) is 18.0 Å². The molecule has 5 aromatic rings. The number of aromatic amines is 1. The Balaban J connectivity index is 1.39. The van der Waals surface area contributed by atoms with Gasteiger partial charge in [-0.1, -0.05) is 0 Å². The van der Waals surface area contributed by atoms with Gasteiger partial charge in [0.05, 0.1) is 22.7 Å². The Kier molecular flexibility index (Phi) is 4.33. The number of imidazole rings is 1. The lowest BCUT2D eigenvalue weighted by molar-refractivity contribution is -0.384. The molecular weight excluding hydrogens is 424 g/mol. The van der Waals surface area contributed by atoms with Crippen molar-refractivity contribution >= 4 is 55.3 Å². The zero-order chi connectivity index (χ0) is 20.8. The van der Waals surface area contributed by atoms with Gasteiger partial charge in [0.15, 0.2) is 10.1 Å². The molecule has 11 heteroatoms. The molecule has 0 saturated carbocycles. The van der Waals surface area contributed by atoms with Crippen LogP contribution in [0.15, 0.2) is 41.4 Å². The average molecular weight is 438 g/mol. The fourth-order valence-electron chi connectivity index (χ4n) is 3.39. The second-order valence-corrected chi connectivity index (χ2v) is 8.43. The van der Waals surface area contributed by atoms with Crippen LogP contribution >= 0.6 is 22.7 Å². The summed E-state index contributed by atoms with van der Waals surface area (Å²) in [5, 5.41) is 18.9. The maximum atomic E-state index is 12.4. The summed E-state index contributed by atoms with van der Waals surface area (Å²) in [6, 6.07) is 4.69. The Bertz CT molecular complexity index is 1400. The number of hydrogen-bond acceptors (Lipinski definition) is 7. The van der Waals surface area contributed by atoms with Crippen LogP contribution in [0.25, 0.3) is 27.1 Å². The molecule has 1 amide bonds. The molecule has 0 aliphatic rings. The zero-order valence-corrected chi connectivity index (χ0v) is 17.2. The third kappa shape index (κ3) is 3.23. The molecule has 2 N–H and O–H groups in total. The van der Waals surface area contributed by atoms with Crippen LogP contribution < -0.4 is 5.32 Å². The van der Waals surface area contributed by atoms with Gasteiger partial charge in [-0.05, 0) is 13.0 Å². The molecule has 9 nitrogen and oxygen atoms in total. The number of nitrogens with zero attached hydrogens (tertiary/aromatic N) is 4. The highest BCUT2D eigenvalue weighted by atomic mass is 32.1. The van der Waals surface area contributed by atoms with Gasteiger partial charge in [0, 0.05) is 57.4 Å². The predicted octanol–water partition coefficient (Wildman–Crippen LogP) is 4.40. The Morgan fingerprint density at radius 1 is 1.33 bits per heavy atom. The molecule has 1 aromatic carbocycles. The summed E-state index contributed by atoms with van der Waals surface area (Å²) in [6.45, 7) is 1.89. The first kappa shape index (κ1) is 18.5. The highest BCUT2D eigenvalue weighted by Gasteiger charge is 2.18. The lowest BCUT2D eigenvalue weighted by atomic mass is 10.1. The van der Waals surface area contributed by atoms with Gasteiger partial charge < -0.3 is 10.3 Å². The van der Waals surface area contributed by atoms with Gasteiger partial charge in [-0.2, -0.15) is 0 Å². The first-order chi connectivity index (χ1) is 14.5. The number of nitrogens with one attached hydrogen (secondary N) is 2. The van der Waals surface area contributed by atoms with Crippen molar-refractivity contribution in [1.29, 1.82) is 0 Å². The monoisotopic (exact) mass is 438 g/mol. The lowest BCUT2D eigenvalue weighted by Gasteiger charge is -2.00. The van der Waals surface area contributed by atoms with Crippen LogP contribution in [0.2, 0.25) is 0 Å². The molecule has 0 unspecified atom stereocenters. The summed E-state index contributed by atoms with van der Waals surface area (Å²) >= 11 is 2.82. The van der Waals surface area contributed by atoms with E-state index in [0.717, 1.165) is 27.1 Å². The molecule has 0 radical (unpaired) electrons. The van der Waals surface area contributed by atoms with Crippen molar-refractivity contribution in [2.45, 2.75) is 13.3 Å². The van der Waals surface area contributed by atoms with Crippen LogP contribution in [0.4, 0.5) is 10.8 Å². The molecule has 5 rings (SSSR count). The molecule has 0 saturated heterocycles. The van der Waals surface area contributed by atoms with Crippen molar-refractivity contribution in [2.24, 2.45) is 0 Å². The Morgan fingerprint density at radius 2 is 2.20 bits per heavy atom. The number of non-ortho nitro benzene ring substituents is 1. The van der Waals surface area contributed by atoms with Gasteiger partial charge >= 0.3 is 0 Å². The summed E-state index contributed by atoms with van der Waals surface area (Å²) in [5.74, 6) is -0.201. The average Bonchev–Trinajstić information content (AvgIpc) is 3.43. The summed E-state index contributed by atoms with van der Waals surface area (Å²) in [7, 11) is 0. The Labute approximate surface area is 177 Å². The van der Waals surface area contributed by atoms with Crippen LogP contribution in [-0.4, -0.2) is 30.2 Å². The van der Waals surface area contributed by atoms with Gasteiger partial charge in [-0.3, -0.25) is 19.3 Å². The van der Waals surface area contributed by atoms with Crippen molar-refractivity contribution in [1.82, 2.24) is 19.4 Å². The summed E-state index contributed by atoms with van der Waals surface area (Å²) in [5.41, 5.74) is 3.81. The molecule has 0 aliphatic heterocycles. The number of hydrogen-bond donors (Lipinski definition) is 2. The smallest absolute Gasteiger partial charge is 0.270 e. The normalized spacial score (nSPS) is 11.4. The molecule has 150 valence electrons. The van der Waals surface area contributed by atoms with Gasteiger partial charge in [-0.15, -0.1) is 22.7 Å². The van der Waals surface area contributed by atoms with Crippen LogP contribution in [0, 0.1) is 17.0 Å². The van der Waals surface area contributed by atoms with Gasteiger partial charge in [0.1, 0.15) is 0 Å². The molecule has 0 atom stereocenters. The number of benzene rings is 1. The summed E-state index contributed by atoms with van der Waals surface area (Å²) in [6.07, 6.45) is 3.89. The topological polar surface area (TPSA) is 118 Å². The van der Waals surface area contributed by atoms with E-state index < -0.39 is 4.92 Å². The van der Waals surface area contributed by atoms with Crippen molar-refractivity contribution in [3.8, 4) is 11.3 Å². The van der Waals surface area contributed by atoms with E-state index in [1.807, 2.05) is 34.5 Å². The quantitative estimate of drug-likeness (QED) is 0.311. The van der Waals surface area contributed by atoms with Crippen molar-refractivity contribution < 1.29 is 9.72 Å². The number of carbonyl (C=O) groups excluding carboxylic acids is 1. The van der Waals surface area contributed by atoms with Crippen LogP contribution in [0.1, 0.15) is 11.4 Å². The number of thiazole rings is 2. The first-order valence-corrected chi connectivity index (χ1v) is 10.7. The standard InChI is InChI=1S/C19H14N6O3S2/c1-10-17(13-7-12(25(27)28)2-3-14(13)20-10)15-9-30-18(22-15)23-16(26)6-11-8-24-4-5-29-19(24)21-11/h2-5,7-9,20H,6H2,1H3,(H,22,23,26). The number of H-pyrrole nitrogens is 1. The van der Waals surface area contributed by atoms with Crippen LogP contribution in [0.3, 0.4) is 0 Å². The molecular formula is C19H14N6O3S2. The van der Waals surface area contributed by atoms with Crippen molar-refractivity contribution in [3.05, 3.63) is 62.9 Å². The van der Waals surface area contributed by atoms with E-state index in [1.165, 1.54) is 34.8 Å². The number of amides is 1.